The van der Waals surface area contributed by atoms with Crippen molar-refractivity contribution in [1.29, 1.82) is 0 Å². The lowest BCUT2D eigenvalue weighted by Crippen LogP contribution is -2.45. The minimum absolute atomic E-state index is 0.0138. The monoisotopic (exact) mass is 500 g/mol. The van der Waals surface area contributed by atoms with Crippen LogP contribution < -0.4 is 4.90 Å². The number of ketones is 1. The molecule has 6 rings (SSSR count). The molecule has 37 heavy (non-hydrogen) atoms. The highest BCUT2D eigenvalue weighted by Gasteiger charge is 2.29. The Labute approximate surface area is 216 Å². The molecule has 0 saturated carbocycles. The Kier molecular flexibility index (Phi) is 6.91. The standard InChI is InChI=1S/C21H21FN4O.C8H12N2/c1-14-17(12-26-13-18(9-23-26)15(2)27)5-8-21(24-14)25-10-19(11-25)16-3-6-20(22)7-4-16;1-5-3-4-7-6(2)9-10-8(5)7/h3-9,13,19H,10-12H2,1-2H3;5H,3-4H2,1-2H3,(H,9,10). The van der Waals surface area contributed by atoms with Crippen LogP contribution in [0.1, 0.15) is 76.2 Å². The van der Waals surface area contributed by atoms with Crippen molar-refractivity contribution in [3.63, 3.8) is 0 Å². The minimum atomic E-state index is -0.199. The van der Waals surface area contributed by atoms with E-state index in [1.54, 1.807) is 17.1 Å². The molecule has 1 N–H and O–H groups in total. The second-order valence-corrected chi connectivity index (χ2v) is 10.2. The number of carbonyl (C=O) groups is 1. The lowest BCUT2D eigenvalue weighted by atomic mass is 9.91. The maximum Gasteiger partial charge on any atom is 0.162 e. The fraction of sp³-hybridized carbons (Fsp3) is 0.379. The first-order valence-corrected chi connectivity index (χ1v) is 12.8. The highest BCUT2D eigenvalue weighted by atomic mass is 19.1. The van der Waals surface area contributed by atoms with E-state index >= 15 is 0 Å². The highest BCUT2D eigenvalue weighted by Crippen LogP contribution is 2.32. The molecule has 0 amide bonds. The van der Waals surface area contributed by atoms with Gasteiger partial charge < -0.3 is 4.90 Å². The van der Waals surface area contributed by atoms with Gasteiger partial charge in [0.2, 0.25) is 0 Å². The topological polar surface area (TPSA) is 79.7 Å². The predicted molar refractivity (Wildman–Crippen MR) is 142 cm³/mol. The molecule has 192 valence electrons. The first kappa shape index (κ1) is 24.9. The second-order valence-electron chi connectivity index (χ2n) is 10.2. The van der Waals surface area contributed by atoms with Gasteiger partial charge in [0.15, 0.2) is 5.78 Å². The van der Waals surface area contributed by atoms with Gasteiger partial charge in [0.05, 0.1) is 24.0 Å². The van der Waals surface area contributed by atoms with Gasteiger partial charge in [-0.25, -0.2) is 9.37 Å². The molecule has 7 nitrogen and oxygen atoms in total. The van der Waals surface area contributed by atoms with Crippen LogP contribution in [0.4, 0.5) is 10.2 Å². The quantitative estimate of drug-likeness (QED) is 0.374. The van der Waals surface area contributed by atoms with Crippen molar-refractivity contribution in [2.45, 2.75) is 58.9 Å². The van der Waals surface area contributed by atoms with Gasteiger partial charge in [-0.2, -0.15) is 10.2 Å². The Morgan fingerprint density at radius 3 is 2.54 bits per heavy atom. The number of carbonyl (C=O) groups excluding carboxylic acids is 1. The van der Waals surface area contributed by atoms with Gasteiger partial charge in [-0.15, -0.1) is 0 Å². The van der Waals surface area contributed by atoms with Crippen molar-refractivity contribution in [3.05, 3.63) is 93.9 Å². The molecule has 4 heterocycles. The third kappa shape index (κ3) is 5.33. The van der Waals surface area contributed by atoms with E-state index in [0.717, 1.165) is 30.2 Å². The van der Waals surface area contributed by atoms with Gasteiger partial charge in [-0.3, -0.25) is 14.6 Å². The van der Waals surface area contributed by atoms with Gasteiger partial charge >= 0.3 is 0 Å². The smallest absolute Gasteiger partial charge is 0.162 e. The van der Waals surface area contributed by atoms with Crippen LogP contribution in [-0.4, -0.2) is 43.8 Å². The number of aryl methyl sites for hydroxylation is 2. The number of nitrogens with one attached hydrogen (secondary N) is 1. The summed E-state index contributed by atoms with van der Waals surface area (Å²) < 4.78 is 14.8. The van der Waals surface area contributed by atoms with Crippen LogP contribution in [0, 0.1) is 19.7 Å². The zero-order valence-corrected chi connectivity index (χ0v) is 21.8. The van der Waals surface area contributed by atoms with E-state index in [1.165, 1.54) is 54.4 Å². The number of Topliss-reactive ketones (excluding diaryl/α,β-unsaturated/α-hetero) is 1. The number of anilines is 1. The zero-order valence-electron chi connectivity index (χ0n) is 21.8. The largest absolute Gasteiger partial charge is 0.355 e. The van der Waals surface area contributed by atoms with Crippen LogP contribution >= 0.6 is 0 Å². The number of H-pyrrole nitrogens is 1. The number of pyridine rings is 1. The van der Waals surface area contributed by atoms with Crippen molar-refractivity contribution in [1.82, 2.24) is 25.0 Å². The average Bonchev–Trinajstić information content (AvgIpc) is 3.56. The first-order valence-electron chi connectivity index (χ1n) is 12.8. The van der Waals surface area contributed by atoms with Crippen molar-refractivity contribution < 1.29 is 9.18 Å². The number of rotatable bonds is 5. The van der Waals surface area contributed by atoms with E-state index in [2.05, 4.69) is 40.1 Å². The molecule has 0 spiro atoms. The van der Waals surface area contributed by atoms with Crippen LogP contribution in [0.25, 0.3) is 0 Å². The van der Waals surface area contributed by atoms with E-state index < -0.39 is 0 Å². The molecule has 2 aliphatic rings. The van der Waals surface area contributed by atoms with Gasteiger partial charge in [0.1, 0.15) is 11.6 Å². The fourth-order valence-corrected chi connectivity index (χ4v) is 5.03. The van der Waals surface area contributed by atoms with Gasteiger partial charge in [0, 0.05) is 42.5 Å². The summed E-state index contributed by atoms with van der Waals surface area (Å²) in [6, 6.07) is 10.8. The molecule has 1 fully saturated rings. The summed E-state index contributed by atoms with van der Waals surface area (Å²) >= 11 is 0. The molecule has 1 aromatic carbocycles. The van der Waals surface area contributed by atoms with Crippen LogP contribution in [0.5, 0.6) is 0 Å². The van der Waals surface area contributed by atoms with Crippen molar-refractivity contribution in [2.24, 2.45) is 0 Å². The van der Waals surface area contributed by atoms with Crippen molar-refractivity contribution in [2.75, 3.05) is 18.0 Å². The molecule has 1 aliphatic carbocycles. The van der Waals surface area contributed by atoms with Crippen LogP contribution in [0.3, 0.4) is 0 Å². The predicted octanol–water partition coefficient (Wildman–Crippen LogP) is 5.35. The molecule has 1 unspecified atom stereocenters. The number of nitrogens with zero attached hydrogens (tertiary/aromatic N) is 5. The third-order valence-electron chi connectivity index (χ3n) is 7.50. The Morgan fingerprint density at radius 1 is 1.14 bits per heavy atom. The maximum absolute atomic E-state index is 13.0. The number of aromatic nitrogens is 5. The maximum atomic E-state index is 13.0. The molecular formula is C29H33FN6O. The minimum Gasteiger partial charge on any atom is -0.355 e. The van der Waals surface area contributed by atoms with Gasteiger partial charge in [0.25, 0.3) is 0 Å². The molecule has 1 aliphatic heterocycles. The van der Waals surface area contributed by atoms with Crippen molar-refractivity contribution in [3.8, 4) is 0 Å². The summed E-state index contributed by atoms with van der Waals surface area (Å²) in [5, 5.41) is 11.5. The van der Waals surface area contributed by atoms with E-state index in [1.807, 2.05) is 25.1 Å². The molecular weight excluding hydrogens is 467 g/mol. The van der Waals surface area contributed by atoms with E-state index in [4.69, 9.17) is 4.98 Å². The molecule has 0 radical (unpaired) electrons. The summed E-state index contributed by atoms with van der Waals surface area (Å²) in [5.74, 6) is 1.87. The summed E-state index contributed by atoms with van der Waals surface area (Å²) in [5.41, 5.74) is 7.85. The van der Waals surface area contributed by atoms with Gasteiger partial charge in [-0.05, 0) is 68.5 Å². The van der Waals surface area contributed by atoms with E-state index in [0.29, 0.717) is 23.9 Å². The fourth-order valence-electron chi connectivity index (χ4n) is 5.03. The summed E-state index contributed by atoms with van der Waals surface area (Å²) in [6.45, 7) is 10.2. The molecule has 1 saturated heterocycles. The van der Waals surface area contributed by atoms with Crippen LogP contribution in [-0.2, 0) is 13.0 Å². The normalized spacial score (nSPS) is 16.7. The Morgan fingerprint density at radius 2 is 1.89 bits per heavy atom. The average molecular weight is 501 g/mol. The number of hydrogen-bond acceptors (Lipinski definition) is 5. The number of fused-ring (bicyclic) bond motifs is 1. The summed E-state index contributed by atoms with van der Waals surface area (Å²) in [4.78, 5) is 18.4. The summed E-state index contributed by atoms with van der Waals surface area (Å²) in [7, 11) is 0. The summed E-state index contributed by atoms with van der Waals surface area (Å²) in [6.07, 6.45) is 5.86. The molecule has 4 aromatic rings. The first-order chi connectivity index (χ1) is 17.8. The molecule has 3 aromatic heterocycles. The van der Waals surface area contributed by atoms with Crippen molar-refractivity contribution >= 4 is 11.6 Å². The van der Waals surface area contributed by atoms with Crippen LogP contribution in [0.2, 0.25) is 0 Å². The zero-order chi connectivity index (χ0) is 26.1. The van der Waals surface area contributed by atoms with Gasteiger partial charge in [-0.1, -0.05) is 25.1 Å². The van der Waals surface area contributed by atoms with Crippen LogP contribution in [0.15, 0.2) is 48.8 Å². The Bertz CT molecular complexity index is 1400. The Hall–Kier alpha value is -3.81. The lowest BCUT2D eigenvalue weighted by molar-refractivity contribution is 0.101. The van der Waals surface area contributed by atoms with E-state index in [9.17, 15) is 9.18 Å². The third-order valence-corrected chi connectivity index (χ3v) is 7.50. The molecule has 1 atom stereocenters. The molecule has 0 bridgehead atoms. The lowest BCUT2D eigenvalue weighted by Gasteiger charge is -2.40. The highest BCUT2D eigenvalue weighted by molar-refractivity contribution is 5.93. The SMILES string of the molecule is CC(=O)c1cnn(Cc2ccc(N3CC(c4ccc(F)cc4)C3)nc2C)c1.Cc1[nH]nc2c1CCC2C. The number of aromatic amines is 1. The number of halogens is 1. The molecule has 8 heteroatoms. The van der Waals surface area contributed by atoms with E-state index in [-0.39, 0.29) is 11.6 Å². The number of hydrogen-bond donors (Lipinski definition) is 1. The number of benzene rings is 1. The second kappa shape index (κ2) is 10.3. The Balaban J connectivity index is 0.000000233.